The summed E-state index contributed by atoms with van der Waals surface area (Å²) in [5.74, 6) is -0.0282. The van der Waals surface area contributed by atoms with Gasteiger partial charge in [0.1, 0.15) is 0 Å². The quantitative estimate of drug-likeness (QED) is 0.289. The molecule has 8 nitrogen and oxygen atoms in total. The summed E-state index contributed by atoms with van der Waals surface area (Å²) in [5.41, 5.74) is 2.64. The van der Waals surface area contributed by atoms with Gasteiger partial charge in [-0.15, -0.1) is 0 Å². The Labute approximate surface area is 305 Å². The molecule has 4 aliphatic carbocycles. The summed E-state index contributed by atoms with van der Waals surface area (Å²) in [7, 11) is 0. The second-order valence-electron chi connectivity index (χ2n) is 19.0. The van der Waals surface area contributed by atoms with E-state index in [0.717, 1.165) is 70.0 Å². The van der Waals surface area contributed by atoms with E-state index in [9.17, 15) is 10.2 Å². The van der Waals surface area contributed by atoms with E-state index in [1.165, 1.54) is 16.7 Å². The molecule has 2 N–H and O–H groups in total. The minimum absolute atomic E-state index is 0.00988. The van der Waals surface area contributed by atoms with Crippen molar-refractivity contribution in [2.24, 2.45) is 28.1 Å². The summed E-state index contributed by atoms with van der Waals surface area (Å²) in [4.78, 5) is 0. The number of benzene rings is 1. The SMILES string of the molecule is CC1(C)COC(c2ccc([C@H]3C[C@@]4(C)[C@@H](CC[C@@]4(O)/C=C\COC4CCCCO4)[C@@H]4CC[C@@]5(O)CC6(CCC5=C43)OCC(C)(C)CO6)cc2)OC1. The largest absolute Gasteiger partial charge is 0.385 e. The van der Waals surface area contributed by atoms with Crippen molar-refractivity contribution >= 4 is 0 Å². The summed E-state index contributed by atoms with van der Waals surface area (Å²) in [5, 5.41) is 25.2. The van der Waals surface area contributed by atoms with Crippen LogP contribution in [0.2, 0.25) is 0 Å². The highest BCUT2D eigenvalue weighted by Crippen LogP contribution is 2.68. The van der Waals surface area contributed by atoms with Crippen molar-refractivity contribution in [2.75, 3.05) is 39.6 Å². The van der Waals surface area contributed by atoms with Crippen molar-refractivity contribution in [1.29, 1.82) is 0 Å². The van der Waals surface area contributed by atoms with Gasteiger partial charge >= 0.3 is 0 Å². The number of hydrogen-bond donors (Lipinski definition) is 2. The van der Waals surface area contributed by atoms with Gasteiger partial charge in [0.15, 0.2) is 18.4 Å². The van der Waals surface area contributed by atoms with Crippen molar-refractivity contribution in [3.63, 3.8) is 0 Å². The fraction of sp³-hybridized carbons (Fsp3) is 0.767. The summed E-state index contributed by atoms with van der Waals surface area (Å²) in [6.07, 6.45) is 12.8. The number of fused-ring (bicyclic) bond motifs is 4. The van der Waals surface area contributed by atoms with Gasteiger partial charge in [0, 0.05) is 47.2 Å². The van der Waals surface area contributed by atoms with Gasteiger partial charge in [0.2, 0.25) is 0 Å². The first kappa shape index (κ1) is 36.4. The Morgan fingerprint density at radius 3 is 2.22 bits per heavy atom. The third-order valence-corrected chi connectivity index (χ3v) is 13.9. The zero-order valence-corrected chi connectivity index (χ0v) is 31.7. The highest BCUT2D eigenvalue weighted by Gasteiger charge is 2.64. The topological polar surface area (TPSA) is 95.8 Å². The highest BCUT2D eigenvalue weighted by atomic mass is 16.7. The highest BCUT2D eigenvalue weighted by molar-refractivity contribution is 5.45. The number of hydrogen-bond acceptors (Lipinski definition) is 8. The number of aliphatic hydroxyl groups is 2. The molecule has 8 rings (SSSR count). The molecule has 1 unspecified atom stereocenters. The molecular weight excluding hydrogens is 644 g/mol. The smallest absolute Gasteiger partial charge is 0.183 e. The lowest BCUT2D eigenvalue weighted by atomic mass is 9.49. The number of allylic oxidation sites excluding steroid dienone is 1. The van der Waals surface area contributed by atoms with Crippen molar-refractivity contribution in [2.45, 2.75) is 141 Å². The van der Waals surface area contributed by atoms with Gasteiger partial charge in [-0.25, -0.2) is 0 Å². The Hall–Kier alpha value is -1.62. The van der Waals surface area contributed by atoms with Crippen LogP contribution in [0.4, 0.5) is 0 Å². The van der Waals surface area contributed by atoms with Crippen molar-refractivity contribution < 1.29 is 38.6 Å². The van der Waals surface area contributed by atoms with E-state index in [-0.39, 0.29) is 34.7 Å². The lowest BCUT2D eigenvalue weighted by Gasteiger charge is -2.58. The Kier molecular flexibility index (Phi) is 9.48. The monoisotopic (exact) mass is 706 g/mol. The van der Waals surface area contributed by atoms with Crippen molar-refractivity contribution in [1.82, 2.24) is 0 Å². The van der Waals surface area contributed by atoms with Crippen LogP contribution < -0.4 is 0 Å². The molecule has 6 fully saturated rings. The maximum absolute atomic E-state index is 12.6. The molecule has 1 aromatic carbocycles. The van der Waals surface area contributed by atoms with Crippen molar-refractivity contribution in [3.05, 3.63) is 58.7 Å². The van der Waals surface area contributed by atoms with Gasteiger partial charge in [-0.3, -0.25) is 0 Å². The molecule has 0 amide bonds. The molecule has 282 valence electrons. The molecule has 3 aliphatic heterocycles. The van der Waals surface area contributed by atoms with Crippen LogP contribution in [-0.4, -0.2) is 73.1 Å². The van der Waals surface area contributed by atoms with E-state index in [4.69, 9.17) is 28.4 Å². The molecule has 7 atom stereocenters. The van der Waals surface area contributed by atoms with E-state index >= 15 is 0 Å². The van der Waals surface area contributed by atoms with Gasteiger partial charge < -0.3 is 38.6 Å². The zero-order valence-electron chi connectivity index (χ0n) is 31.7. The van der Waals surface area contributed by atoms with Gasteiger partial charge in [-0.1, -0.05) is 76.6 Å². The van der Waals surface area contributed by atoms with E-state index in [2.05, 4.69) is 65.0 Å². The first-order chi connectivity index (χ1) is 24.2. The van der Waals surface area contributed by atoms with Gasteiger partial charge in [-0.2, -0.15) is 0 Å². The van der Waals surface area contributed by atoms with E-state index in [1.54, 1.807) is 0 Å². The average Bonchev–Trinajstić information content (AvgIpc) is 3.37. The second-order valence-corrected chi connectivity index (χ2v) is 19.0. The Morgan fingerprint density at radius 2 is 1.51 bits per heavy atom. The molecule has 51 heavy (non-hydrogen) atoms. The van der Waals surface area contributed by atoms with Gasteiger partial charge in [-0.05, 0) is 80.8 Å². The molecule has 0 aromatic heterocycles. The molecular formula is C43H62O8. The average molecular weight is 707 g/mol. The molecule has 1 spiro atoms. The lowest BCUT2D eigenvalue weighted by molar-refractivity contribution is -0.322. The van der Waals surface area contributed by atoms with Crippen LogP contribution in [0.5, 0.6) is 0 Å². The van der Waals surface area contributed by atoms with E-state index in [0.29, 0.717) is 57.7 Å². The Morgan fingerprint density at radius 1 is 0.804 bits per heavy atom. The number of ether oxygens (including phenoxy) is 6. The maximum Gasteiger partial charge on any atom is 0.183 e. The molecule has 3 saturated heterocycles. The molecule has 1 aromatic rings. The normalized spacial score (nSPS) is 40.6. The molecule has 3 heterocycles. The van der Waals surface area contributed by atoms with Gasteiger partial charge in [0.05, 0.1) is 44.2 Å². The summed E-state index contributed by atoms with van der Waals surface area (Å²) in [6, 6.07) is 8.82. The van der Waals surface area contributed by atoms with Crippen LogP contribution in [0.3, 0.4) is 0 Å². The van der Waals surface area contributed by atoms with Crippen molar-refractivity contribution in [3.8, 4) is 0 Å². The predicted octanol–water partition coefficient (Wildman–Crippen LogP) is 7.88. The zero-order chi connectivity index (χ0) is 35.7. The molecule has 0 radical (unpaired) electrons. The minimum atomic E-state index is -0.957. The third-order valence-electron chi connectivity index (χ3n) is 13.9. The fourth-order valence-electron chi connectivity index (χ4n) is 10.9. The standard InChI is InChI=1S/C43H62O8/c1-38(2)25-48-37(49-26-38)30-12-10-29(11-13-30)32-23-40(5)33(15-19-42(40,45)17-8-22-47-35-9-6-7-21-46-35)31-14-18-41(44)24-43(20-16-34(41)36(31)32)50-27-39(3,4)28-51-43/h8,10-13,17,31-33,35,37,44-45H,6-7,9,14-16,18-28H2,1-5H3/b17-8-/t31-,32+,33-,35?,40-,41+,42-/m0/s1. The van der Waals surface area contributed by atoms with Crippen LogP contribution in [0.1, 0.15) is 129 Å². The van der Waals surface area contributed by atoms with Crippen LogP contribution in [0.25, 0.3) is 0 Å². The summed E-state index contributed by atoms with van der Waals surface area (Å²) in [6.45, 7) is 14.8. The first-order valence-corrected chi connectivity index (χ1v) is 19.9. The van der Waals surface area contributed by atoms with Crippen LogP contribution in [-0.2, 0) is 28.4 Å². The Balaban J connectivity index is 1.11. The molecule has 0 bridgehead atoms. The predicted molar refractivity (Wildman–Crippen MR) is 194 cm³/mol. The van der Waals surface area contributed by atoms with Crippen LogP contribution in [0.15, 0.2) is 47.6 Å². The van der Waals surface area contributed by atoms with Gasteiger partial charge in [0.25, 0.3) is 0 Å². The first-order valence-electron chi connectivity index (χ1n) is 19.9. The maximum atomic E-state index is 12.6. The Bertz CT molecular complexity index is 1470. The van der Waals surface area contributed by atoms with Crippen LogP contribution in [0, 0.1) is 28.1 Å². The van der Waals surface area contributed by atoms with E-state index < -0.39 is 17.0 Å². The van der Waals surface area contributed by atoms with Crippen LogP contribution >= 0.6 is 0 Å². The number of rotatable bonds is 6. The fourth-order valence-corrected chi connectivity index (χ4v) is 10.9. The second kappa shape index (κ2) is 13.3. The minimum Gasteiger partial charge on any atom is -0.385 e. The molecule has 7 aliphatic rings. The summed E-state index contributed by atoms with van der Waals surface area (Å²) >= 11 is 0. The molecule has 3 saturated carbocycles. The molecule has 8 heteroatoms. The lowest BCUT2D eigenvalue weighted by Crippen LogP contribution is -2.58. The third kappa shape index (κ3) is 6.73. The summed E-state index contributed by atoms with van der Waals surface area (Å²) < 4.78 is 37.1. The van der Waals surface area contributed by atoms with E-state index in [1.807, 2.05) is 6.08 Å².